The van der Waals surface area contributed by atoms with Crippen molar-refractivity contribution in [1.82, 2.24) is 5.32 Å². The summed E-state index contributed by atoms with van der Waals surface area (Å²) < 4.78 is 32.3. The van der Waals surface area contributed by atoms with Crippen LogP contribution in [0, 0.1) is 6.92 Å². The largest absolute Gasteiger partial charge is 0.444 e. The first-order chi connectivity index (χ1) is 14.4. The standard InChI is InChI=1S/C24H29NO5S/c1-6-17-9-11-18(12-10-17)20-21(31(28,29)19-13-7-16(2)8-14-19)24(20,15-26)25-22(27)30-23(3,4)5/h7-15,20-21H,6H2,1-5H3,(H,25,27). The number of benzene rings is 2. The molecular formula is C24H29NO5S. The van der Waals surface area contributed by atoms with E-state index in [4.69, 9.17) is 4.74 Å². The van der Waals surface area contributed by atoms with E-state index >= 15 is 0 Å². The Bertz CT molecular complexity index is 1070. The van der Waals surface area contributed by atoms with Crippen LogP contribution in [-0.2, 0) is 25.8 Å². The molecule has 166 valence electrons. The summed E-state index contributed by atoms with van der Waals surface area (Å²) in [5.74, 6) is -0.713. The van der Waals surface area contributed by atoms with Crippen molar-refractivity contribution in [3.05, 3.63) is 65.2 Å². The minimum Gasteiger partial charge on any atom is -0.444 e. The van der Waals surface area contributed by atoms with Crippen molar-refractivity contribution in [3.8, 4) is 0 Å². The first-order valence-corrected chi connectivity index (χ1v) is 11.9. The van der Waals surface area contributed by atoms with Gasteiger partial charge in [-0.05, 0) is 57.4 Å². The predicted octanol–water partition coefficient (Wildman–Crippen LogP) is 3.96. The van der Waals surface area contributed by atoms with Crippen LogP contribution in [0.3, 0.4) is 0 Å². The molecule has 1 aliphatic carbocycles. The summed E-state index contributed by atoms with van der Waals surface area (Å²) in [5, 5.41) is 1.45. The number of aryl methyl sites for hydroxylation is 2. The molecule has 1 aliphatic rings. The van der Waals surface area contributed by atoms with Gasteiger partial charge in [0.15, 0.2) is 9.84 Å². The number of rotatable bonds is 6. The second-order valence-corrected chi connectivity index (χ2v) is 11.1. The molecule has 0 aliphatic heterocycles. The molecule has 3 atom stereocenters. The molecule has 1 fully saturated rings. The van der Waals surface area contributed by atoms with Crippen LogP contribution < -0.4 is 5.32 Å². The van der Waals surface area contributed by atoms with E-state index in [0.29, 0.717) is 11.8 Å². The molecule has 7 heteroatoms. The zero-order chi connectivity index (χ0) is 23.0. The Hall–Kier alpha value is -2.67. The molecule has 2 aromatic rings. The van der Waals surface area contributed by atoms with Crippen LogP contribution in [0.15, 0.2) is 53.4 Å². The average molecular weight is 444 g/mol. The number of ether oxygens (including phenoxy) is 1. The molecule has 0 radical (unpaired) electrons. The van der Waals surface area contributed by atoms with Gasteiger partial charge in [0.25, 0.3) is 0 Å². The Morgan fingerprint density at radius 1 is 1.10 bits per heavy atom. The Kier molecular flexibility index (Phi) is 6.02. The second kappa shape index (κ2) is 8.11. The number of carbonyl (C=O) groups is 2. The van der Waals surface area contributed by atoms with Gasteiger partial charge in [0.05, 0.1) is 4.90 Å². The van der Waals surface area contributed by atoms with Crippen molar-refractivity contribution >= 4 is 22.2 Å². The molecule has 0 bridgehead atoms. The zero-order valence-electron chi connectivity index (χ0n) is 18.5. The number of amides is 1. The van der Waals surface area contributed by atoms with Crippen LogP contribution in [0.4, 0.5) is 4.79 Å². The topological polar surface area (TPSA) is 89.5 Å². The van der Waals surface area contributed by atoms with Crippen LogP contribution >= 0.6 is 0 Å². The Morgan fingerprint density at radius 3 is 2.16 bits per heavy atom. The minimum absolute atomic E-state index is 0.119. The average Bonchev–Trinajstić information content (AvgIpc) is 3.36. The summed E-state index contributed by atoms with van der Waals surface area (Å²) in [4.78, 5) is 24.9. The first-order valence-electron chi connectivity index (χ1n) is 10.3. The van der Waals surface area contributed by atoms with Crippen LogP contribution in [0.2, 0.25) is 0 Å². The SMILES string of the molecule is CCc1ccc(C2C(S(=O)(=O)c3ccc(C)cc3)C2(C=O)NC(=O)OC(C)(C)C)cc1. The lowest BCUT2D eigenvalue weighted by Crippen LogP contribution is -2.45. The lowest BCUT2D eigenvalue weighted by atomic mass is 10.0. The summed E-state index contributed by atoms with van der Waals surface area (Å²) in [7, 11) is -3.91. The number of nitrogens with one attached hydrogen (secondary N) is 1. The predicted molar refractivity (Wildman–Crippen MR) is 119 cm³/mol. The van der Waals surface area contributed by atoms with Crippen LogP contribution in [0.25, 0.3) is 0 Å². The number of aldehydes is 1. The third-order valence-corrected chi connectivity index (χ3v) is 7.78. The molecule has 0 aromatic heterocycles. The molecule has 0 saturated heterocycles. The lowest BCUT2D eigenvalue weighted by Gasteiger charge is -2.22. The summed E-state index contributed by atoms with van der Waals surface area (Å²) in [6.45, 7) is 9.00. The molecule has 2 aromatic carbocycles. The quantitative estimate of drug-likeness (QED) is 0.683. The number of hydrogen-bond acceptors (Lipinski definition) is 5. The van der Waals surface area contributed by atoms with Crippen molar-refractivity contribution in [3.63, 3.8) is 0 Å². The molecule has 3 unspecified atom stereocenters. The normalized spacial score (nSPS) is 23.1. The highest BCUT2D eigenvalue weighted by molar-refractivity contribution is 7.92. The molecule has 0 spiro atoms. The van der Waals surface area contributed by atoms with Gasteiger partial charge in [-0.1, -0.05) is 48.9 Å². The monoisotopic (exact) mass is 443 g/mol. The van der Waals surface area contributed by atoms with Gasteiger partial charge >= 0.3 is 6.09 Å². The van der Waals surface area contributed by atoms with Gasteiger partial charge in [-0.25, -0.2) is 13.2 Å². The zero-order valence-corrected chi connectivity index (χ0v) is 19.3. The fourth-order valence-corrected chi connectivity index (χ4v) is 6.14. The maximum Gasteiger partial charge on any atom is 0.408 e. The molecule has 0 heterocycles. The van der Waals surface area contributed by atoms with E-state index in [0.717, 1.165) is 17.5 Å². The van der Waals surface area contributed by atoms with Crippen LogP contribution in [-0.4, -0.2) is 37.2 Å². The fraction of sp³-hybridized carbons (Fsp3) is 0.417. The van der Waals surface area contributed by atoms with Crippen molar-refractivity contribution in [2.24, 2.45) is 0 Å². The highest BCUT2D eigenvalue weighted by Gasteiger charge is 2.73. The number of sulfone groups is 1. The van der Waals surface area contributed by atoms with Gasteiger partial charge in [-0.2, -0.15) is 0 Å². The van der Waals surface area contributed by atoms with E-state index in [1.54, 1.807) is 32.9 Å². The molecule has 1 amide bonds. The summed E-state index contributed by atoms with van der Waals surface area (Å²) in [6.07, 6.45) is 0.549. The molecule has 6 nitrogen and oxygen atoms in total. The third kappa shape index (κ3) is 4.51. The summed E-state index contributed by atoms with van der Waals surface area (Å²) in [6, 6.07) is 14.0. The van der Waals surface area contributed by atoms with Gasteiger partial charge < -0.3 is 14.8 Å². The third-order valence-electron chi connectivity index (χ3n) is 5.52. The molecule has 31 heavy (non-hydrogen) atoms. The Morgan fingerprint density at radius 2 is 1.68 bits per heavy atom. The van der Waals surface area contributed by atoms with Gasteiger partial charge in [0.2, 0.25) is 0 Å². The molecule has 1 N–H and O–H groups in total. The lowest BCUT2D eigenvalue weighted by molar-refractivity contribution is -0.110. The molecular weight excluding hydrogens is 414 g/mol. The van der Waals surface area contributed by atoms with Gasteiger partial charge in [0, 0.05) is 5.92 Å². The number of carbonyl (C=O) groups excluding carboxylic acids is 2. The van der Waals surface area contributed by atoms with E-state index in [9.17, 15) is 18.0 Å². The number of alkyl carbamates (subject to hydrolysis) is 1. The highest BCUT2D eigenvalue weighted by Crippen LogP contribution is 2.56. The van der Waals surface area contributed by atoms with E-state index in [1.807, 2.05) is 38.1 Å². The highest BCUT2D eigenvalue weighted by atomic mass is 32.2. The van der Waals surface area contributed by atoms with E-state index in [1.165, 1.54) is 12.1 Å². The van der Waals surface area contributed by atoms with Crippen LogP contribution in [0.1, 0.15) is 50.3 Å². The summed E-state index contributed by atoms with van der Waals surface area (Å²) in [5.41, 5.74) is 0.321. The van der Waals surface area contributed by atoms with Crippen molar-refractivity contribution in [2.45, 2.75) is 68.2 Å². The molecule has 3 rings (SSSR count). The molecule has 1 saturated carbocycles. The van der Waals surface area contributed by atoms with Crippen molar-refractivity contribution < 1.29 is 22.7 Å². The van der Waals surface area contributed by atoms with E-state index in [-0.39, 0.29) is 4.90 Å². The minimum atomic E-state index is -3.91. The van der Waals surface area contributed by atoms with Gasteiger partial charge in [-0.15, -0.1) is 0 Å². The van der Waals surface area contributed by atoms with Gasteiger partial charge in [-0.3, -0.25) is 0 Å². The van der Waals surface area contributed by atoms with Crippen molar-refractivity contribution in [1.29, 1.82) is 0 Å². The van der Waals surface area contributed by atoms with Gasteiger partial charge in [0.1, 0.15) is 22.7 Å². The Balaban J connectivity index is 2.04. The second-order valence-electron chi connectivity index (χ2n) is 9.03. The smallest absolute Gasteiger partial charge is 0.408 e. The summed E-state index contributed by atoms with van der Waals surface area (Å²) >= 11 is 0. The first kappa shape index (κ1) is 23.0. The maximum atomic E-state index is 13.5. The number of hydrogen-bond donors (Lipinski definition) is 1. The van der Waals surface area contributed by atoms with Crippen LogP contribution in [0.5, 0.6) is 0 Å². The van der Waals surface area contributed by atoms with Crippen molar-refractivity contribution in [2.75, 3.05) is 0 Å². The maximum absolute atomic E-state index is 13.5. The fourth-order valence-electron chi connectivity index (χ4n) is 3.90. The Labute approximate surface area is 183 Å². The van der Waals surface area contributed by atoms with E-state index in [2.05, 4.69) is 5.32 Å². The van der Waals surface area contributed by atoms with E-state index < -0.39 is 38.2 Å².